The molecule has 0 spiro atoms. The molecule has 0 aromatic heterocycles. The van der Waals surface area contributed by atoms with Gasteiger partial charge in [0, 0.05) is 4.47 Å². The molecule has 0 heterocycles. The Bertz CT molecular complexity index is 613. The monoisotopic (exact) mass is 366 g/mol. The summed E-state index contributed by atoms with van der Waals surface area (Å²) in [6.07, 6.45) is 1.06. The fourth-order valence-corrected chi connectivity index (χ4v) is 2.96. The quantitative estimate of drug-likeness (QED) is 0.585. The van der Waals surface area contributed by atoms with Crippen LogP contribution in [0.1, 0.15) is 36.6 Å². The van der Waals surface area contributed by atoms with E-state index >= 15 is 0 Å². The summed E-state index contributed by atoms with van der Waals surface area (Å²) in [5.74, 6) is 6.41. The summed E-state index contributed by atoms with van der Waals surface area (Å²) >= 11 is 9.52. The highest BCUT2D eigenvalue weighted by Crippen LogP contribution is 2.29. The minimum Gasteiger partial charge on any atom is -0.271 e. The first-order valence-corrected chi connectivity index (χ1v) is 8.18. The van der Waals surface area contributed by atoms with Crippen LogP contribution in [0, 0.1) is 5.92 Å². The van der Waals surface area contributed by atoms with Crippen LogP contribution < -0.4 is 11.3 Å². The minimum atomic E-state index is -0.0503. The van der Waals surface area contributed by atoms with Gasteiger partial charge in [0.1, 0.15) is 0 Å². The zero-order chi connectivity index (χ0) is 15.4. The van der Waals surface area contributed by atoms with Crippen LogP contribution in [0.15, 0.2) is 46.9 Å². The SMILES string of the molecule is CC(C)Cc1cccc(C(NN)c2ccc(Cl)c(Br)c2)c1. The lowest BCUT2D eigenvalue weighted by molar-refractivity contribution is 0.627. The fraction of sp³-hybridized carbons (Fsp3) is 0.294. The fourth-order valence-electron chi connectivity index (χ4n) is 2.45. The van der Waals surface area contributed by atoms with Crippen molar-refractivity contribution in [2.75, 3.05) is 0 Å². The van der Waals surface area contributed by atoms with Crippen LogP contribution in [-0.2, 0) is 6.42 Å². The van der Waals surface area contributed by atoms with E-state index in [0.717, 1.165) is 22.0 Å². The van der Waals surface area contributed by atoms with E-state index in [9.17, 15) is 0 Å². The highest BCUT2D eigenvalue weighted by atomic mass is 79.9. The van der Waals surface area contributed by atoms with E-state index in [2.05, 4.69) is 59.5 Å². The summed E-state index contributed by atoms with van der Waals surface area (Å²) in [4.78, 5) is 0. The van der Waals surface area contributed by atoms with Crippen molar-refractivity contribution in [2.45, 2.75) is 26.3 Å². The maximum absolute atomic E-state index is 6.06. The van der Waals surface area contributed by atoms with Crippen molar-refractivity contribution in [3.63, 3.8) is 0 Å². The maximum Gasteiger partial charge on any atom is 0.0710 e. The first kappa shape index (κ1) is 16.5. The lowest BCUT2D eigenvalue weighted by atomic mass is 9.95. The molecule has 0 fully saturated rings. The summed E-state index contributed by atoms with van der Waals surface area (Å²) < 4.78 is 0.875. The van der Waals surface area contributed by atoms with Crippen molar-refractivity contribution in [1.29, 1.82) is 0 Å². The number of hydrazine groups is 1. The van der Waals surface area contributed by atoms with E-state index in [4.69, 9.17) is 17.4 Å². The molecule has 1 unspecified atom stereocenters. The Labute approximate surface area is 139 Å². The molecule has 2 aromatic carbocycles. The summed E-state index contributed by atoms with van der Waals surface area (Å²) in [5, 5.41) is 0.697. The summed E-state index contributed by atoms with van der Waals surface area (Å²) in [7, 11) is 0. The summed E-state index contributed by atoms with van der Waals surface area (Å²) in [5.41, 5.74) is 6.46. The Hall–Kier alpha value is -0.870. The second-order valence-electron chi connectivity index (χ2n) is 5.62. The zero-order valence-corrected chi connectivity index (χ0v) is 14.6. The van der Waals surface area contributed by atoms with E-state index in [1.54, 1.807) is 0 Å². The normalized spacial score (nSPS) is 12.7. The summed E-state index contributed by atoms with van der Waals surface area (Å²) in [6, 6.07) is 14.4. The molecule has 0 amide bonds. The number of nitrogens with two attached hydrogens (primary N) is 1. The first-order valence-electron chi connectivity index (χ1n) is 7.01. The molecule has 0 aliphatic rings. The topological polar surface area (TPSA) is 38.0 Å². The van der Waals surface area contributed by atoms with Crippen LogP contribution in [0.5, 0.6) is 0 Å². The predicted octanol–water partition coefficient (Wildman–Crippen LogP) is 4.85. The standard InChI is InChI=1S/C17H20BrClN2/c1-11(2)8-12-4-3-5-13(9-12)17(21-20)14-6-7-16(19)15(18)10-14/h3-7,9-11,17,21H,8,20H2,1-2H3. The van der Waals surface area contributed by atoms with Crippen molar-refractivity contribution in [3.05, 3.63) is 68.7 Å². The smallest absolute Gasteiger partial charge is 0.0710 e. The molecule has 0 saturated carbocycles. The second kappa shape index (κ2) is 7.41. The van der Waals surface area contributed by atoms with E-state index < -0.39 is 0 Å². The van der Waals surface area contributed by atoms with Crippen molar-refractivity contribution in [3.8, 4) is 0 Å². The Morgan fingerprint density at radius 3 is 2.48 bits per heavy atom. The molecule has 0 radical (unpaired) electrons. The van der Waals surface area contributed by atoms with Crippen LogP contribution >= 0.6 is 27.5 Å². The Balaban J connectivity index is 2.34. The lowest BCUT2D eigenvalue weighted by Crippen LogP contribution is -2.28. The molecule has 0 aliphatic heterocycles. The van der Waals surface area contributed by atoms with Crippen molar-refractivity contribution in [2.24, 2.45) is 11.8 Å². The molecule has 0 bridgehead atoms. The van der Waals surface area contributed by atoms with Gasteiger partial charge in [-0.2, -0.15) is 0 Å². The van der Waals surface area contributed by atoms with Gasteiger partial charge in [-0.1, -0.05) is 55.8 Å². The molecule has 2 aromatic rings. The highest BCUT2D eigenvalue weighted by molar-refractivity contribution is 9.10. The van der Waals surface area contributed by atoms with Gasteiger partial charge in [-0.05, 0) is 57.1 Å². The van der Waals surface area contributed by atoms with Crippen molar-refractivity contribution in [1.82, 2.24) is 5.43 Å². The average Bonchev–Trinajstić information content (AvgIpc) is 2.43. The van der Waals surface area contributed by atoms with E-state index in [1.807, 2.05) is 18.2 Å². The van der Waals surface area contributed by atoms with Crippen molar-refractivity contribution >= 4 is 27.5 Å². The zero-order valence-electron chi connectivity index (χ0n) is 12.2. The molecular formula is C17H20BrClN2. The third kappa shape index (κ3) is 4.30. The minimum absolute atomic E-state index is 0.0503. The summed E-state index contributed by atoms with van der Waals surface area (Å²) in [6.45, 7) is 4.45. The van der Waals surface area contributed by atoms with Crippen LogP contribution in [0.3, 0.4) is 0 Å². The molecule has 112 valence electrons. The Kier molecular flexibility index (Phi) is 5.82. The first-order chi connectivity index (χ1) is 10.0. The Morgan fingerprint density at radius 1 is 1.14 bits per heavy atom. The second-order valence-corrected chi connectivity index (χ2v) is 6.88. The van der Waals surface area contributed by atoms with Gasteiger partial charge in [-0.15, -0.1) is 0 Å². The maximum atomic E-state index is 6.06. The highest BCUT2D eigenvalue weighted by Gasteiger charge is 2.14. The number of benzene rings is 2. The van der Waals surface area contributed by atoms with Crippen LogP contribution in [0.25, 0.3) is 0 Å². The van der Waals surface area contributed by atoms with Gasteiger partial charge in [0.05, 0.1) is 11.1 Å². The van der Waals surface area contributed by atoms with Gasteiger partial charge in [0.2, 0.25) is 0 Å². The molecular weight excluding hydrogens is 348 g/mol. The molecule has 1 atom stereocenters. The third-order valence-corrected chi connectivity index (χ3v) is 4.59. The van der Waals surface area contributed by atoms with Crippen LogP contribution in [-0.4, -0.2) is 0 Å². The van der Waals surface area contributed by atoms with Gasteiger partial charge in [-0.25, -0.2) is 5.43 Å². The number of halogens is 2. The van der Waals surface area contributed by atoms with Gasteiger partial charge < -0.3 is 0 Å². The third-order valence-electron chi connectivity index (χ3n) is 3.37. The lowest BCUT2D eigenvalue weighted by Gasteiger charge is -2.19. The van der Waals surface area contributed by atoms with Gasteiger partial charge in [0.15, 0.2) is 0 Å². The average molecular weight is 368 g/mol. The van der Waals surface area contributed by atoms with E-state index in [1.165, 1.54) is 5.56 Å². The Morgan fingerprint density at radius 2 is 1.86 bits per heavy atom. The molecule has 2 rings (SSSR count). The molecule has 2 nitrogen and oxygen atoms in total. The number of rotatable bonds is 5. The van der Waals surface area contributed by atoms with Gasteiger partial charge in [-0.3, -0.25) is 5.84 Å². The number of hydrogen-bond acceptors (Lipinski definition) is 2. The predicted molar refractivity (Wildman–Crippen MR) is 93.3 cm³/mol. The van der Waals surface area contributed by atoms with E-state index in [-0.39, 0.29) is 6.04 Å². The number of nitrogens with one attached hydrogen (secondary N) is 1. The van der Waals surface area contributed by atoms with Crippen LogP contribution in [0.2, 0.25) is 5.02 Å². The molecule has 3 N–H and O–H groups in total. The van der Waals surface area contributed by atoms with Crippen LogP contribution in [0.4, 0.5) is 0 Å². The van der Waals surface area contributed by atoms with Gasteiger partial charge >= 0.3 is 0 Å². The number of hydrogen-bond donors (Lipinski definition) is 2. The largest absolute Gasteiger partial charge is 0.271 e. The molecule has 21 heavy (non-hydrogen) atoms. The van der Waals surface area contributed by atoms with Gasteiger partial charge in [0.25, 0.3) is 0 Å². The molecule has 4 heteroatoms. The van der Waals surface area contributed by atoms with E-state index in [0.29, 0.717) is 10.9 Å². The molecule has 0 saturated heterocycles. The van der Waals surface area contributed by atoms with Crippen molar-refractivity contribution < 1.29 is 0 Å². The molecule has 0 aliphatic carbocycles.